The van der Waals surface area contributed by atoms with E-state index in [9.17, 15) is 4.79 Å². The van der Waals surface area contributed by atoms with Gasteiger partial charge in [-0.15, -0.1) is 0 Å². The first kappa shape index (κ1) is 10.5. The molecule has 4 heteroatoms. The summed E-state index contributed by atoms with van der Waals surface area (Å²) in [5, 5.41) is 3.65. The molecule has 0 fully saturated rings. The second-order valence-electron chi connectivity index (χ2n) is 3.39. The third kappa shape index (κ3) is 1.73. The van der Waals surface area contributed by atoms with Crippen LogP contribution >= 0.6 is 22.6 Å². The van der Waals surface area contributed by atoms with Gasteiger partial charge in [0, 0.05) is 34.8 Å². The van der Waals surface area contributed by atoms with Crippen LogP contribution in [0.2, 0.25) is 0 Å². The summed E-state index contributed by atoms with van der Waals surface area (Å²) in [7, 11) is 3.59. The fourth-order valence-electron chi connectivity index (χ4n) is 1.68. The Morgan fingerprint density at radius 3 is 2.87 bits per heavy atom. The number of nitrogens with zero attached hydrogens (tertiary/aromatic N) is 1. The number of benzene rings is 1. The number of rotatable bonds is 1. The Labute approximate surface area is 102 Å². The lowest BCUT2D eigenvalue weighted by atomic mass is 10.2. The summed E-state index contributed by atoms with van der Waals surface area (Å²) in [4.78, 5) is 11.6. The molecule has 0 unspecified atom stereocenters. The van der Waals surface area contributed by atoms with Gasteiger partial charge in [0.05, 0.1) is 5.56 Å². The highest BCUT2D eigenvalue weighted by atomic mass is 127. The molecular weight excluding hydrogens is 303 g/mol. The molecule has 2 aromatic rings. The molecule has 0 bridgehead atoms. The van der Waals surface area contributed by atoms with E-state index in [4.69, 9.17) is 0 Å². The number of aryl methyl sites for hydroxylation is 1. The molecule has 1 heterocycles. The van der Waals surface area contributed by atoms with Crippen molar-refractivity contribution in [2.75, 3.05) is 7.05 Å². The fraction of sp³-hybridized carbons (Fsp3) is 0.182. The van der Waals surface area contributed by atoms with Crippen molar-refractivity contribution in [3.8, 4) is 0 Å². The van der Waals surface area contributed by atoms with E-state index in [-0.39, 0.29) is 5.91 Å². The van der Waals surface area contributed by atoms with E-state index < -0.39 is 0 Å². The first-order valence-electron chi connectivity index (χ1n) is 4.60. The van der Waals surface area contributed by atoms with Crippen molar-refractivity contribution in [3.05, 3.63) is 33.5 Å². The number of fused-ring (bicyclic) bond motifs is 1. The molecule has 1 amide bonds. The van der Waals surface area contributed by atoms with E-state index in [1.165, 1.54) is 0 Å². The summed E-state index contributed by atoms with van der Waals surface area (Å²) in [6, 6.07) is 6.10. The fourth-order valence-corrected chi connectivity index (χ4v) is 2.17. The third-order valence-electron chi connectivity index (χ3n) is 2.42. The van der Waals surface area contributed by atoms with Crippen LogP contribution < -0.4 is 5.32 Å². The van der Waals surface area contributed by atoms with Gasteiger partial charge in [0.2, 0.25) is 0 Å². The molecule has 0 spiro atoms. The van der Waals surface area contributed by atoms with Crippen LogP contribution in [0.25, 0.3) is 10.9 Å². The van der Waals surface area contributed by atoms with E-state index >= 15 is 0 Å². The van der Waals surface area contributed by atoms with Crippen LogP contribution in [0.5, 0.6) is 0 Å². The highest BCUT2D eigenvalue weighted by Gasteiger charge is 2.12. The number of carbonyl (C=O) groups is 1. The van der Waals surface area contributed by atoms with Gasteiger partial charge in [-0.05, 0) is 40.8 Å². The Kier molecular flexibility index (Phi) is 2.68. The number of amides is 1. The molecular formula is C11H11IN2O. The topological polar surface area (TPSA) is 34.0 Å². The Balaban J connectivity index is 2.75. The molecule has 0 saturated heterocycles. The van der Waals surface area contributed by atoms with Gasteiger partial charge >= 0.3 is 0 Å². The summed E-state index contributed by atoms with van der Waals surface area (Å²) in [5.41, 5.74) is 1.81. The normalized spacial score (nSPS) is 10.6. The Morgan fingerprint density at radius 2 is 2.20 bits per heavy atom. The third-order valence-corrected chi connectivity index (χ3v) is 3.09. The van der Waals surface area contributed by atoms with Crippen molar-refractivity contribution < 1.29 is 4.79 Å². The van der Waals surface area contributed by atoms with Gasteiger partial charge in [0.1, 0.15) is 0 Å². The van der Waals surface area contributed by atoms with Crippen molar-refractivity contribution in [2.24, 2.45) is 7.05 Å². The number of hydrogen-bond acceptors (Lipinski definition) is 1. The molecule has 0 atom stereocenters. The molecule has 0 saturated carbocycles. The molecule has 15 heavy (non-hydrogen) atoms. The highest BCUT2D eigenvalue weighted by Crippen LogP contribution is 2.22. The Morgan fingerprint density at radius 1 is 1.47 bits per heavy atom. The largest absolute Gasteiger partial charge is 0.355 e. The molecule has 0 aliphatic carbocycles. The predicted octanol–water partition coefficient (Wildman–Crippen LogP) is 2.14. The number of carbonyl (C=O) groups excluding carboxylic acids is 1. The molecule has 1 aromatic carbocycles. The smallest absolute Gasteiger partial charge is 0.253 e. The average Bonchev–Trinajstić information content (AvgIpc) is 2.54. The summed E-state index contributed by atoms with van der Waals surface area (Å²) in [6.45, 7) is 0. The maximum absolute atomic E-state index is 11.6. The Bertz CT molecular complexity index is 531. The predicted molar refractivity (Wildman–Crippen MR) is 69.0 cm³/mol. The quantitative estimate of drug-likeness (QED) is 0.804. The molecule has 1 aromatic heterocycles. The van der Waals surface area contributed by atoms with Gasteiger partial charge in [-0.25, -0.2) is 0 Å². The van der Waals surface area contributed by atoms with Crippen LogP contribution in [-0.4, -0.2) is 17.5 Å². The Hall–Kier alpha value is -1.04. The first-order chi connectivity index (χ1) is 7.13. The zero-order valence-electron chi connectivity index (χ0n) is 8.54. The van der Waals surface area contributed by atoms with Crippen molar-refractivity contribution in [1.82, 2.24) is 9.88 Å². The lowest BCUT2D eigenvalue weighted by Gasteiger charge is -1.97. The monoisotopic (exact) mass is 314 g/mol. The van der Waals surface area contributed by atoms with Gasteiger partial charge in [-0.3, -0.25) is 4.79 Å². The maximum Gasteiger partial charge on any atom is 0.253 e. The van der Waals surface area contributed by atoms with Crippen molar-refractivity contribution >= 4 is 39.4 Å². The highest BCUT2D eigenvalue weighted by molar-refractivity contribution is 14.1. The SMILES string of the molecule is CNC(=O)c1cn(C)c2ccc(I)cc12. The molecule has 2 rings (SSSR count). The molecule has 0 aliphatic rings. The summed E-state index contributed by atoms with van der Waals surface area (Å²) in [6.07, 6.45) is 1.86. The zero-order valence-corrected chi connectivity index (χ0v) is 10.7. The minimum atomic E-state index is -0.0393. The van der Waals surface area contributed by atoms with E-state index in [1.807, 2.05) is 36.0 Å². The second kappa shape index (κ2) is 3.84. The second-order valence-corrected chi connectivity index (χ2v) is 4.64. The van der Waals surface area contributed by atoms with Crippen molar-refractivity contribution in [1.29, 1.82) is 0 Å². The van der Waals surface area contributed by atoms with Gasteiger partial charge < -0.3 is 9.88 Å². The van der Waals surface area contributed by atoms with E-state index in [2.05, 4.69) is 27.9 Å². The number of hydrogen-bond donors (Lipinski definition) is 1. The van der Waals surface area contributed by atoms with Crippen molar-refractivity contribution in [2.45, 2.75) is 0 Å². The number of aromatic nitrogens is 1. The van der Waals surface area contributed by atoms with Crippen LogP contribution in [0.1, 0.15) is 10.4 Å². The molecule has 3 nitrogen and oxygen atoms in total. The van der Waals surface area contributed by atoms with Crippen LogP contribution in [0.15, 0.2) is 24.4 Å². The first-order valence-corrected chi connectivity index (χ1v) is 5.68. The number of halogens is 1. The molecule has 0 aliphatic heterocycles. The minimum absolute atomic E-state index is 0.0393. The van der Waals surface area contributed by atoms with Crippen LogP contribution in [0, 0.1) is 3.57 Å². The van der Waals surface area contributed by atoms with Gasteiger partial charge in [-0.1, -0.05) is 0 Å². The van der Waals surface area contributed by atoms with Crippen LogP contribution in [0.4, 0.5) is 0 Å². The van der Waals surface area contributed by atoms with Crippen molar-refractivity contribution in [3.63, 3.8) is 0 Å². The summed E-state index contributed by atoms with van der Waals surface area (Å²) in [5.74, 6) is -0.0393. The lowest BCUT2D eigenvalue weighted by Crippen LogP contribution is -2.17. The van der Waals surface area contributed by atoms with Crippen LogP contribution in [0.3, 0.4) is 0 Å². The molecule has 78 valence electrons. The van der Waals surface area contributed by atoms with Gasteiger partial charge in [0.15, 0.2) is 0 Å². The molecule has 1 N–H and O–H groups in total. The average molecular weight is 314 g/mol. The van der Waals surface area contributed by atoms with E-state index in [0.29, 0.717) is 0 Å². The standard InChI is InChI=1S/C11H11IN2O/c1-13-11(15)9-6-14(2)10-4-3-7(12)5-8(9)10/h3-6H,1-2H3,(H,13,15). The van der Waals surface area contributed by atoms with Crippen LogP contribution in [-0.2, 0) is 7.05 Å². The minimum Gasteiger partial charge on any atom is -0.355 e. The van der Waals surface area contributed by atoms with Gasteiger partial charge in [0.25, 0.3) is 5.91 Å². The van der Waals surface area contributed by atoms with E-state index in [1.54, 1.807) is 7.05 Å². The van der Waals surface area contributed by atoms with Gasteiger partial charge in [-0.2, -0.15) is 0 Å². The van der Waals surface area contributed by atoms with E-state index in [0.717, 1.165) is 20.0 Å². The number of nitrogens with one attached hydrogen (secondary N) is 1. The lowest BCUT2D eigenvalue weighted by molar-refractivity contribution is 0.0964. The summed E-state index contributed by atoms with van der Waals surface area (Å²) < 4.78 is 3.10. The maximum atomic E-state index is 11.6. The molecule has 0 radical (unpaired) electrons. The zero-order chi connectivity index (χ0) is 11.0. The summed E-state index contributed by atoms with van der Waals surface area (Å²) >= 11 is 2.25.